The van der Waals surface area contributed by atoms with E-state index < -0.39 is 5.60 Å². The van der Waals surface area contributed by atoms with Gasteiger partial charge in [-0.2, -0.15) is 0 Å². The summed E-state index contributed by atoms with van der Waals surface area (Å²) in [5.41, 5.74) is -0.412. The summed E-state index contributed by atoms with van der Waals surface area (Å²) in [6, 6.07) is 0. The number of hydrogen-bond acceptors (Lipinski definition) is 2. The fourth-order valence-electron chi connectivity index (χ4n) is 0.918. The first-order chi connectivity index (χ1) is 9.87. The van der Waals surface area contributed by atoms with Crippen molar-refractivity contribution >= 4 is 6.09 Å². The van der Waals surface area contributed by atoms with Gasteiger partial charge in [0.15, 0.2) is 0 Å². The molecule has 0 rings (SSSR count). The summed E-state index contributed by atoms with van der Waals surface area (Å²) >= 11 is 0. The Morgan fingerprint density at radius 1 is 1.10 bits per heavy atom. The molecule has 0 spiro atoms. The Morgan fingerprint density at radius 3 is 1.86 bits per heavy atom. The van der Waals surface area contributed by atoms with Gasteiger partial charge in [0.25, 0.3) is 0 Å². The Bertz CT molecular complexity index is 218. The van der Waals surface area contributed by atoms with Crippen LogP contribution in [0.15, 0.2) is 25.3 Å². The number of carbonyl (C=O) groups is 1. The Morgan fingerprint density at radius 2 is 1.52 bits per heavy atom. The van der Waals surface area contributed by atoms with Crippen molar-refractivity contribution in [1.82, 2.24) is 5.32 Å². The van der Waals surface area contributed by atoms with Gasteiger partial charge in [-0.15, -0.1) is 13.2 Å². The Balaban J connectivity index is -0.000000176. The molecular weight excluding hydrogens is 262 g/mol. The number of hydrogen-bond donors (Lipinski definition) is 1. The van der Waals surface area contributed by atoms with E-state index in [1.165, 1.54) is 0 Å². The maximum absolute atomic E-state index is 11.1. The van der Waals surface area contributed by atoms with E-state index in [0.717, 1.165) is 19.3 Å². The minimum atomic E-state index is -0.412. The van der Waals surface area contributed by atoms with Crippen molar-refractivity contribution in [2.75, 3.05) is 6.54 Å². The number of carbonyl (C=O) groups excluding carboxylic acids is 1. The normalized spacial score (nSPS) is 8.38. The zero-order valence-electron chi connectivity index (χ0n) is 15.7. The van der Waals surface area contributed by atoms with E-state index in [0.29, 0.717) is 6.54 Å². The van der Waals surface area contributed by atoms with Crippen LogP contribution in [-0.4, -0.2) is 18.2 Å². The summed E-state index contributed by atoms with van der Waals surface area (Å²) in [6.07, 6.45) is 6.31. The number of ether oxygens (including phenoxy) is 1. The molecule has 0 heterocycles. The molecule has 3 nitrogen and oxygen atoms in total. The number of unbranched alkanes of at least 4 members (excludes halogenated alkanes) is 2. The first-order valence-corrected chi connectivity index (χ1v) is 8.02. The van der Waals surface area contributed by atoms with Crippen LogP contribution in [0, 0.1) is 0 Å². The molecule has 128 valence electrons. The largest absolute Gasteiger partial charge is 0.444 e. The predicted octanol–water partition coefficient (Wildman–Crippen LogP) is 6.11. The molecule has 0 aromatic heterocycles. The van der Waals surface area contributed by atoms with Crippen molar-refractivity contribution in [3.05, 3.63) is 25.3 Å². The number of amides is 1. The average molecular weight is 302 g/mol. The molecule has 21 heavy (non-hydrogen) atoms. The molecule has 0 aliphatic carbocycles. The van der Waals surface area contributed by atoms with Crippen molar-refractivity contribution in [3.63, 3.8) is 0 Å². The highest BCUT2D eigenvalue weighted by Gasteiger charge is 2.15. The second-order valence-electron chi connectivity index (χ2n) is 4.62. The minimum absolute atomic E-state index is 0.337. The van der Waals surface area contributed by atoms with Crippen molar-refractivity contribution in [3.8, 4) is 0 Å². The third-order valence-electron chi connectivity index (χ3n) is 1.50. The van der Waals surface area contributed by atoms with E-state index in [9.17, 15) is 4.79 Å². The van der Waals surface area contributed by atoms with Gasteiger partial charge in [0.1, 0.15) is 5.60 Å². The number of alkyl carbamates (subject to hydrolysis) is 1. The van der Waals surface area contributed by atoms with Gasteiger partial charge in [0.2, 0.25) is 0 Å². The van der Waals surface area contributed by atoms with E-state index in [-0.39, 0.29) is 6.09 Å². The molecule has 0 aromatic carbocycles. The Kier molecular flexibility index (Phi) is 31.7. The SMILES string of the molecule is C=CC.C=CCCCCNC(=O)OC(C)(C)C.CC.CC. The molecule has 3 heteroatoms. The highest BCUT2D eigenvalue weighted by atomic mass is 16.6. The Labute approximate surface area is 133 Å². The lowest BCUT2D eigenvalue weighted by Gasteiger charge is -2.19. The summed E-state index contributed by atoms with van der Waals surface area (Å²) in [6.45, 7) is 23.1. The van der Waals surface area contributed by atoms with Crippen molar-refractivity contribution in [2.45, 2.75) is 80.3 Å². The fraction of sp³-hybridized carbons (Fsp3) is 0.722. The van der Waals surface area contributed by atoms with Gasteiger partial charge in [-0.05, 0) is 47.0 Å². The van der Waals surface area contributed by atoms with Crippen molar-refractivity contribution < 1.29 is 9.53 Å². The van der Waals surface area contributed by atoms with Gasteiger partial charge < -0.3 is 10.1 Å². The van der Waals surface area contributed by atoms with Crippen LogP contribution in [0.1, 0.15) is 74.7 Å². The third kappa shape index (κ3) is 45.5. The Hall–Kier alpha value is -1.25. The molecule has 0 aromatic rings. The topological polar surface area (TPSA) is 38.3 Å². The van der Waals surface area contributed by atoms with E-state index in [1.54, 1.807) is 6.08 Å². The minimum Gasteiger partial charge on any atom is -0.444 e. The van der Waals surface area contributed by atoms with Crippen molar-refractivity contribution in [2.24, 2.45) is 0 Å². The molecule has 0 atom stereocenters. The monoisotopic (exact) mass is 301 g/mol. The van der Waals surface area contributed by atoms with Crippen LogP contribution < -0.4 is 5.32 Å². The number of allylic oxidation sites excluding steroid dienone is 2. The van der Waals surface area contributed by atoms with Crippen LogP contribution in [-0.2, 0) is 4.74 Å². The van der Waals surface area contributed by atoms with Crippen molar-refractivity contribution in [1.29, 1.82) is 0 Å². The molecule has 0 bridgehead atoms. The van der Waals surface area contributed by atoms with Crippen LogP contribution in [0.2, 0.25) is 0 Å². The summed E-state index contributed by atoms with van der Waals surface area (Å²) in [5, 5.41) is 2.70. The van der Waals surface area contributed by atoms with Gasteiger partial charge >= 0.3 is 6.09 Å². The summed E-state index contributed by atoms with van der Waals surface area (Å²) < 4.78 is 5.07. The molecule has 0 aliphatic heterocycles. The lowest BCUT2D eigenvalue weighted by atomic mass is 10.2. The van der Waals surface area contributed by atoms with Crippen LogP contribution in [0.4, 0.5) is 4.79 Å². The number of rotatable bonds is 5. The van der Waals surface area contributed by atoms with E-state index in [2.05, 4.69) is 18.5 Å². The first kappa shape index (κ1) is 28.0. The smallest absolute Gasteiger partial charge is 0.407 e. The quantitative estimate of drug-likeness (QED) is 0.491. The molecule has 0 fully saturated rings. The zero-order valence-corrected chi connectivity index (χ0v) is 15.7. The summed E-state index contributed by atoms with van der Waals surface area (Å²) in [5.74, 6) is 0. The van der Waals surface area contributed by atoms with E-state index in [4.69, 9.17) is 4.74 Å². The van der Waals surface area contributed by atoms with Gasteiger partial charge in [-0.25, -0.2) is 4.79 Å². The van der Waals surface area contributed by atoms with Crippen LogP contribution in [0.5, 0.6) is 0 Å². The van der Waals surface area contributed by atoms with Crippen LogP contribution >= 0.6 is 0 Å². The molecule has 0 saturated carbocycles. The van der Waals surface area contributed by atoms with Gasteiger partial charge in [0, 0.05) is 6.54 Å². The van der Waals surface area contributed by atoms with Gasteiger partial charge in [-0.1, -0.05) is 39.8 Å². The summed E-state index contributed by atoms with van der Waals surface area (Å²) in [4.78, 5) is 11.1. The molecule has 0 radical (unpaired) electrons. The van der Waals surface area contributed by atoms with E-state index in [1.807, 2.05) is 61.5 Å². The second-order valence-corrected chi connectivity index (χ2v) is 4.62. The van der Waals surface area contributed by atoms with Gasteiger partial charge in [0.05, 0.1) is 0 Å². The molecular formula is C18H39NO2. The third-order valence-corrected chi connectivity index (χ3v) is 1.50. The molecule has 1 amide bonds. The average Bonchev–Trinajstić information content (AvgIpc) is 2.42. The standard InChI is InChI=1S/C11H21NO2.C3H6.2C2H6/c1-5-6-7-8-9-12-10(13)14-11(2,3)4;1-3-2;2*1-2/h5H,1,6-9H2,2-4H3,(H,12,13);3H,1H2,2H3;2*1-2H3. The summed E-state index contributed by atoms with van der Waals surface area (Å²) in [7, 11) is 0. The lowest BCUT2D eigenvalue weighted by Crippen LogP contribution is -2.32. The predicted molar refractivity (Wildman–Crippen MR) is 96.9 cm³/mol. The lowest BCUT2D eigenvalue weighted by molar-refractivity contribution is 0.0527. The maximum atomic E-state index is 11.1. The van der Waals surface area contributed by atoms with Gasteiger partial charge in [-0.3, -0.25) is 0 Å². The van der Waals surface area contributed by atoms with Crippen LogP contribution in [0.25, 0.3) is 0 Å². The first-order valence-electron chi connectivity index (χ1n) is 8.02. The highest BCUT2D eigenvalue weighted by molar-refractivity contribution is 5.67. The highest BCUT2D eigenvalue weighted by Crippen LogP contribution is 2.06. The van der Waals surface area contributed by atoms with E-state index >= 15 is 0 Å². The van der Waals surface area contributed by atoms with Crippen LogP contribution in [0.3, 0.4) is 0 Å². The molecule has 0 aliphatic rings. The maximum Gasteiger partial charge on any atom is 0.407 e. The number of nitrogens with one attached hydrogen (secondary N) is 1. The zero-order chi connectivity index (χ0) is 17.7. The second kappa shape index (κ2) is 23.8. The molecule has 0 unspecified atom stereocenters. The molecule has 1 N–H and O–H groups in total. The molecule has 0 saturated heterocycles. The fourth-order valence-corrected chi connectivity index (χ4v) is 0.918.